The first-order chi connectivity index (χ1) is 12.7. The molecule has 0 spiro atoms. The Morgan fingerprint density at radius 2 is 1.62 bits per heavy atom. The number of quaternary nitrogens is 2. The number of rotatable bonds is 4. The standard InChI is InChI=1S/C22H24N2O2/c1-17-7-8-21-20(13-17)22(25)19(16-26-21)15-24-11-9-23(10-12-24)14-18-5-3-2-4-6-18/h2-8,13,16H,9-12,14-15H2,1H3/p+2. The first-order valence-electron chi connectivity index (χ1n) is 9.41. The van der Waals surface area contributed by atoms with Crippen molar-refractivity contribution >= 4 is 11.0 Å². The second kappa shape index (κ2) is 7.44. The molecule has 1 fully saturated rings. The molecule has 0 amide bonds. The molecule has 4 heteroatoms. The van der Waals surface area contributed by atoms with E-state index in [2.05, 4.69) is 30.3 Å². The van der Waals surface area contributed by atoms with Gasteiger partial charge in [0.25, 0.3) is 0 Å². The first-order valence-corrected chi connectivity index (χ1v) is 9.41. The Balaban J connectivity index is 1.41. The van der Waals surface area contributed by atoms with E-state index in [0.29, 0.717) is 11.0 Å². The molecule has 0 bridgehead atoms. The van der Waals surface area contributed by atoms with Crippen LogP contribution in [0.2, 0.25) is 0 Å². The van der Waals surface area contributed by atoms with Gasteiger partial charge in [-0.3, -0.25) is 4.79 Å². The molecule has 26 heavy (non-hydrogen) atoms. The quantitative estimate of drug-likeness (QED) is 0.723. The minimum absolute atomic E-state index is 0.126. The zero-order chi connectivity index (χ0) is 17.9. The van der Waals surface area contributed by atoms with E-state index >= 15 is 0 Å². The lowest BCUT2D eigenvalue weighted by atomic mass is 10.1. The third-order valence-corrected chi connectivity index (χ3v) is 5.40. The van der Waals surface area contributed by atoms with Crippen LogP contribution in [0, 0.1) is 6.92 Å². The molecular formula is C22H26N2O2+2. The highest BCUT2D eigenvalue weighted by Crippen LogP contribution is 2.12. The highest BCUT2D eigenvalue weighted by Gasteiger charge is 2.24. The van der Waals surface area contributed by atoms with E-state index < -0.39 is 0 Å². The Morgan fingerprint density at radius 3 is 2.35 bits per heavy atom. The average Bonchev–Trinajstić information content (AvgIpc) is 2.67. The summed E-state index contributed by atoms with van der Waals surface area (Å²) in [4.78, 5) is 15.9. The molecule has 1 saturated heterocycles. The normalized spacial score (nSPS) is 20.3. The molecule has 0 radical (unpaired) electrons. The van der Waals surface area contributed by atoms with Gasteiger partial charge in [0.2, 0.25) is 5.43 Å². The monoisotopic (exact) mass is 350 g/mol. The number of hydrogen-bond donors (Lipinski definition) is 2. The van der Waals surface area contributed by atoms with Crippen LogP contribution in [-0.4, -0.2) is 26.2 Å². The van der Waals surface area contributed by atoms with Crippen LogP contribution in [0.4, 0.5) is 0 Å². The van der Waals surface area contributed by atoms with Crippen molar-refractivity contribution in [1.82, 2.24) is 0 Å². The summed E-state index contributed by atoms with van der Waals surface area (Å²) in [5.41, 5.74) is 4.09. The molecule has 1 aliphatic heterocycles. The van der Waals surface area contributed by atoms with Crippen molar-refractivity contribution in [2.45, 2.75) is 20.0 Å². The molecule has 1 aliphatic rings. The van der Waals surface area contributed by atoms with Crippen molar-refractivity contribution in [1.29, 1.82) is 0 Å². The van der Waals surface area contributed by atoms with Crippen LogP contribution in [0.1, 0.15) is 16.7 Å². The molecule has 4 nitrogen and oxygen atoms in total. The van der Waals surface area contributed by atoms with E-state index in [9.17, 15) is 4.79 Å². The van der Waals surface area contributed by atoms with Crippen LogP contribution in [-0.2, 0) is 13.1 Å². The molecule has 1 aromatic heterocycles. The number of hydrogen-bond acceptors (Lipinski definition) is 2. The first kappa shape index (κ1) is 17.0. The number of piperazine rings is 1. The van der Waals surface area contributed by atoms with E-state index in [1.54, 1.807) is 11.2 Å². The largest absolute Gasteiger partial charge is 0.464 e. The molecule has 2 heterocycles. The summed E-state index contributed by atoms with van der Waals surface area (Å²) in [7, 11) is 0. The molecule has 2 aromatic carbocycles. The van der Waals surface area contributed by atoms with Crippen molar-refractivity contribution in [2.24, 2.45) is 0 Å². The third-order valence-electron chi connectivity index (χ3n) is 5.40. The minimum Gasteiger partial charge on any atom is -0.464 e. The summed E-state index contributed by atoms with van der Waals surface area (Å²) >= 11 is 0. The number of aryl methyl sites for hydroxylation is 1. The van der Waals surface area contributed by atoms with E-state index in [-0.39, 0.29) is 5.43 Å². The molecule has 0 saturated carbocycles. The van der Waals surface area contributed by atoms with Gasteiger partial charge in [0.05, 0.1) is 10.9 Å². The van der Waals surface area contributed by atoms with Gasteiger partial charge in [0.15, 0.2) is 0 Å². The second-order valence-corrected chi connectivity index (χ2v) is 7.43. The molecule has 2 N–H and O–H groups in total. The highest BCUT2D eigenvalue weighted by molar-refractivity contribution is 5.77. The predicted octanol–water partition coefficient (Wildman–Crippen LogP) is 0.585. The predicted molar refractivity (Wildman–Crippen MR) is 102 cm³/mol. The van der Waals surface area contributed by atoms with Gasteiger partial charge in [-0.25, -0.2) is 0 Å². The molecule has 0 aliphatic carbocycles. The smallest absolute Gasteiger partial charge is 0.201 e. The van der Waals surface area contributed by atoms with Gasteiger partial charge in [-0.15, -0.1) is 0 Å². The van der Waals surface area contributed by atoms with Gasteiger partial charge in [-0.1, -0.05) is 42.0 Å². The van der Waals surface area contributed by atoms with Gasteiger partial charge in [-0.05, 0) is 19.1 Å². The van der Waals surface area contributed by atoms with Crippen LogP contribution in [0.25, 0.3) is 11.0 Å². The summed E-state index contributed by atoms with van der Waals surface area (Å²) < 4.78 is 5.70. The lowest BCUT2D eigenvalue weighted by Crippen LogP contribution is -3.27. The van der Waals surface area contributed by atoms with Gasteiger partial charge < -0.3 is 14.2 Å². The number of fused-ring (bicyclic) bond motifs is 1. The Bertz CT molecular complexity index is 941. The van der Waals surface area contributed by atoms with Crippen LogP contribution in [0.5, 0.6) is 0 Å². The van der Waals surface area contributed by atoms with Crippen molar-refractivity contribution < 1.29 is 14.2 Å². The zero-order valence-corrected chi connectivity index (χ0v) is 15.3. The van der Waals surface area contributed by atoms with Gasteiger partial charge >= 0.3 is 0 Å². The van der Waals surface area contributed by atoms with Crippen LogP contribution in [0.3, 0.4) is 0 Å². The maximum atomic E-state index is 12.8. The summed E-state index contributed by atoms with van der Waals surface area (Å²) in [6.45, 7) is 8.31. The van der Waals surface area contributed by atoms with E-state index in [1.807, 2.05) is 25.1 Å². The summed E-state index contributed by atoms with van der Waals surface area (Å²) in [5.74, 6) is 0. The van der Waals surface area contributed by atoms with Crippen LogP contribution < -0.4 is 15.2 Å². The Hall–Kier alpha value is -2.43. The van der Waals surface area contributed by atoms with Gasteiger partial charge in [0.1, 0.15) is 51.1 Å². The fraction of sp³-hybridized carbons (Fsp3) is 0.318. The SMILES string of the molecule is Cc1ccc2occ(C[NH+]3CC[NH+](Cc4ccccc4)CC3)c(=O)c2c1. The summed E-state index contributed by atoms with van der Waals surface area (Å²) in [6, 6.07) is 16.5. The molecule has 3 aromatic rings. The van der Waals surface area contributed by atoms with Crippen LogP contribution in [0.15, 0.2) is 64.0 Å². The molecule has 0 unspecified atom stereocenters. The maximum absolute atomic E-state index is 12.8. The Morgan fingerprint density at radius 1 is 0.923 bits per heavy atom. The lowest BCUT2D eigenvalue weighted by Gasteiger charge is -2.29. The van der Waals surface area contributed by atoms with Crippen molar-refractivity contribution in [3.8, 4) is 0 Å². The second-order valence-electron chi connectivity index (χ2n) is 7.43. The third kappa shape index (κ3) is 3.71. The molecule has 134 valence electrons. The van der Waals surface area contributed by atoms with Crippen molar-refractivity contribution in [3.05, 3.63) is 81.7 Å². The number of benzene rings is 2. The topological polar surface area (TPSA) is 39.1 Å². The summed E-state index contributed by atoms with van der Waals surface area (Å²) in [5, 5.41) is 0.704. The fourth-order valence-electron chi connectivity index (χ4n) is 3.87. The minimum atomic E-state index is 0.126. The Labute approximate surface area is 153 Å². The van der Waals surface area contributed by atoms with Gasteiger partial charge in [-0.2, -0.15) is 0 Å². The maximum Gasteiger partial charge on any atom is 0.201 e. The molecular weight excluding hydrogens is 324 g/mol. The molecule has 0 atom stereocenters. The summed E-state index contributed by atoms with van der Waals surface area (Å²) in [6.07, 6.45) is 1.66. The number of nitrogens with one attached hydrogen (secondary N) is 2. The van der Waals surface area contributed by atoms with Crippen LogP contribution >= 0.6 is 0 Å². The van der Waals surface area contributed by atoms with E-state index in [1.165, 1.54) is 10.5 Å². The van der Waals surface area contributed by atoms with Gasteiger partial charge in [0, 0.05) is 5.56 Å². The van der Waals surface area contributed by atoms with E-state index in [0.717, 1.165) is 50.4 Å². The zero-order valence-electron chi connectivity index (χ0n) is 15.3. The van der Waals surface area contributed by atoms with Crippen molar-refractivity contribution in [2.75, 3.05) is 26.2 Å². The molecule has 4 rings (SSSR count). The fourth-order valence-corrected chi connectivity index (χ4v) is 3.87. The van der Waals surface area contributed by atoms with E-state index in [4.69, 9.17) is 4.42 Å². The Kier molecular flexibility index (Phi) is 4.87. The van der Waals surface area contributed by atoms with Crippen molar-refractivity contribution in [3.63, 3.8) is 0 Å². The average molecular weight is 350 g/mol. The highest BCUT2D eigenvalue weighted by atomic mass is 16.3. The lowest BCUT2D eigenvalue weighted by molar-refractivity contribution is -1.02.